The van der Waals surface area contributed by atoms with Gasteiger partial charge in [0, 0.05) is 11.8 Å². The molecule has 0 radical (unpaired) electrons. The molecule has 170 valence electrons. The van der Waals surface area contributed by atoms with Crippen molar-refractivity contribution in [2.45, 2.75) is 32.7 Å². The first-order valence-electron chi connectivity index (χ1n) is 10.1. The first kappa shape index (κ1) is 23.7. The van der Waals surface area contributed by atoms with E-state index in [9.17, 15) is 24.2 Å². The lowest BCUT2D eigenvalue weighted by atomic mass is 10.0. The van der Waals surface area contributed by atoms with Gasteiger partial charge in [0.05, 0.1) is 30.2 Å². The fourth-order valence-electron chi connectivity index (χ4n) is 3.69. The second-order valence-corrected chi connectivity index (χ2v) is 8.23. The van der Waals surface area contributed by atoms with Crippen molar-refractivity contribution in [1.82, 2.24) is 9.55 Å². The van der Waals surface area contributed by atoms with Crippen LogP contribution in [-0.2, 0) is 12.8 Å². The fourth-order valence-corrected chi connectivity index (χ4v) is 3.88. The lowest BCUT2D eigenvalue weighted by Gasteiger charge is -2.24. The van der Waals surface area contributed by atoms with Crippen molar-refractivity contribution in [1.29, 1.82) is 0 Å². The van der Waals surface area contributed by atoms with Gasteiger partial charge in [0.2, 0.25) is 11.3 Å². The van der Waals surface area contributed by atoms with Gasteiger partial charge in [-0.1, -0.05) is 37.6 Å². The van der Waals surface area contributed by atoms with E-state index in [2.05, 4.69) is 4.98 Å². The number of aromatic carboxylic acids is 1. The molecule has 3 rings (SSSR count). The van der Waals surface area contributed by atoms with Crippen LogP contribution in [0.5, 0.6) is 5.88 Å². The van der Waals surface area contributed by atoms with Gasteiger partial charge >= 0.3 is 5.97 Å². The maximum absolute atomic E-state index is 14.3. The monoisotopic (exact) mass is 462 g/mol. The minimum Gasteiger partial charge on any atom is -0.481 e. The number of fused-ring (bicyclic) bond motifs is 1. The van der Waals surface area contributed by atoms with Crippen LogP contribution in [0, 0.1) is 11.7 Å². The summed E-state index contributed by atoms with van der Waals surface area (Å²) in [6.07, 6.45) is 1.77. The molecular formula is C23H24ClFN2O5. The Morgan fingerprint density at radius 2 is 1.97 bits per heavy atom. The highest BCUT2D eigenvalue weighted by atomic mass is 35.5. The van der Waals surface area contributed by atoms with Crippen molar-refractivity contribution >= 4 is 28.6 Å². The Morgan fingerprint density at radius 1 is 1.28 bits per heavy atom. The Kier molecular flexibility index (Phi) is 7.16. The highest BCUT2D eigenvalue weighted by molar-refractivity contribution is 6.30. The molecule has 7 nitrogen and oxygen atoms in total. The summed E-state index contributed by atoms with van der Waals surface area (Å²) in [7, 11) is 1.43. The summed E-state index contributed by atoms with van der Waals surface area (Å²) in [5, 5.41) is 19.5. The minimum atomic E-state index is -1.37. The van der Waals surface area contributed by atoms with Crippen LogP contribution in [-0.4, -0.2) is 39.5 Å². The van der Waals surface area contributed by atoms with Crippen LogP contribution in [0.3, 0.4) is 0 Å². The maximum Gasteiger partial charge on any atom is 0.341 e. The molecule has 0 saturated heterocycles. The van der Waals surface area contributed by atoms with Crippen molar-refractivity contribution in [3.8, 4) is 5.88 Å². The summed E-state index contributed by atoms with van der Waals surface area (Å²) in [6, 6.07) is 5.76. The Morgan fingerprint density at radius 3 is 2.56 bits per heavy atom. The molecule has 1 atom stereocenters. The number of nitrogens with zero attached hydrogens (tertiary/aromatic N) is 2. The second-order valence-electron chi connectivity index (χ2n) is 7.82. The van der Waals surface area contributed by atoms with Crippen LogP contribution < -0.4 is 10.2 Å². The molecule has 2 N–H and O–H groups in total. The van der Waals surface area contributed by atoms with Crippen molar-refractivity contribution in [2.24, 2.45) is 5.92 Å². The van der Waals surface area contributed by atoms with Crippen LogP contribution in [0.25, 0.3) is 11.0 Å². The molecule has 32 heavy (non-hydrogen) atoms. The number of aromatic nitrogens is 2. The number of aliphatic hydroxyl groups excluding tert-OH is 1. The summed E-state index contributed by atoms with van der Waals surface area (Å²) in [5.74, 6) is -1.72. The zero-order chi connectivity index (χ0) is 23.6. The molecule has 0 saturated carbocycles. The van der Waals surface area contributed by atoms with E-state index in [1.54, 1.807) is 12.1 Å². The topological polar surface area (TPSA) is 102 Å². The predicted molar refractivity (Wildman–Crippen MR) is 119 cm³/mol. The number of carboxylic acid groups (broad SMARTS) is 1. The molecule has 0 aliphatic rings. The van der Waals surface area contributed by atoms with Gasteiger partial charge in [-0.2, -0.15) is 4.98 Å². The number of hydrogen-bond donors (Lipinski definition) is 2. The lowest BCUT2D eigenvalue weighted by molar-refractivity contribution is 0.0694. The number of carboxylic acids is 1. The molecule has 3 aromatic rings. The molecule has 1 aromatic carbocycles. The number of rotatable bonds is 8. The van der Waals surface area contributed by atoms with E-state index in [0.717, 1.165) is 0 Å². The maximum atomic E-state index is 14.3. The number of benzene rings is 1. The van der Waals surface area contributed by atoms with Gasteiger partial charge in [-0.3, -0.25) is 4.79 Å². The number of methoxy groups -OCH3 is 1. The highest BCUT2D eigenvalue weighted by Gasteiger charge is 2.23. The first-order chi connectivity index (χ1) is 15.2. The number of ether oxygens (including phenoxy) is 1. The summed E-state index contributed by atoms with van der Waals surface area (Å²) in [5.41, 5.74) is 0.0272. The van der Waals surface area contributed by atoms with Crippen LogP contribution in [0.4, 0.5) is 4.39 Å². The van der Waals surface area contributed by atoms with E-state index in [4.69, 9.17) is 16.3 Å². The number of pyridine rings is 2. The molecule has 2 heterocycles. The second kappa shape index (κ2) is 9.67. The Labute approximate surface area is 189 Å². The molecule has 0 bridgehead atoms. The molecule has 0 unspecified atom stereocenters. The molecule has 9 heteroatoms. The smallest absolute Gasteiger partial charge is 0.341 e. The molecule has 0 aliphatic carbocycles. The van der Waals surface area contributed by atoms with E-state index >= 15 is 0 Å². The SMILES string of the molecule is COc1nc2c(cc1CCc1cccc(Cl)c1F)c(=O)c(C(=O)O)cn2[C@H](CO)C(C)C. The zero-order valence-corrected chi connectivity index (χ0v) is 18.7. The third-order valence-corrected chi connectivity index (χ3v) is 5.77. The van der Waals surface area contributed by atoms with Crippen molar-refractivity contribution in [2.75, 3.05) is 13.7 Å². The van der Waals surface area contributed by atoms with Gasteiger partial charge in [-0.05, 0) is 36.5 Å². The largest absolute Gasteiger partial charge is 0.481 e. The third-order valence-electron chi connectivity index (χ3n) is 5.48. The normalized spacial score (nSPS) is 12.3. The number of carbonyl (C=O) groups is 1. The first-order valence-corrected chi connectivity index (χ1v) is 10.5. The molecular weight excluding hydrogens is 439 g/mol. The van der Waals surface area contributed by atoms with Gasteiger partial charge in [0.15, 0.2) is 0 Å². The summed E-state index contributed by atoms with van der Waals surface area (Å²) in [6.45, 7) is 3.47. The lowest BCUT2D eigenvalue weighted by Crippen LogP contribution is -2.26. The average Bonchev–Trinajstić information content (AvgIpc) is 2.75. The fraction of sp³-hybridized carbons (Fsp3) is 0.348. The van der Waals surface area contributed by atoms with Gasteiger partial charge < -0.3 is 19.5 Å². The molecule has 0 amide bonds. The van der Waals surface area contributed by atoms with Crippen LogP contribution in [0.2, 0.25) is 5.02 Å². The Hall–Kier alpha value is -2.97. The number of halogens is 2. The van der Waals surface area contributed by atoms with E-state index in [0.29, 0.717) is 11.1 Å². The highest BCUT2D eigenvalue weighted by Crippen LogP contribution is 2.27. The van der Waals surface area contributed by atoms with Crippen LogP contribution in [0.1, 0.15) is 41.4 Å². The third kappa shape index (κ3) is 4.47. The molecule has 0 aliphatic heterocycles. The molecule has 0 spiro atoms. The molecule has 2 aromatic heterocycles. The number of aliphatic hydroxyl groups is 1. The Bertz CT molecular complexity index is 1230. The van der Waals surface area contributed by atoms with Gasteiger partial charge in [0.1, 0.15) is 17.0 Å². The van der Waals surface area contributed by atoms with Crippen molar-refractivity contribution in [3.63, 3.8) is 0 Å². The van der Waals surface area contributed by atoms with E-state index in [-0.39, 0.29) is 47.3 Å². The Balaban J connectivity index is 2.19. The summed E-state index contributed by atoms with van der Waals surface area (Å²) >= 11 is 5.85. The molecule has 0 fully saturated rings. The number of aryl methyl sites for hydroxylation is 2. The number of hydrogen-bond acceptors (Lipinski definition) is 5. The standard InChI is InChI=1S/C23H24ClFN2O5/c1-12(2)18(11-28)27-10-16(23(30)31)20(29)15-9-14(22(32-3)26-21(15)27)8-7-13-5-4-6-17(24)19(13)25/h4-6,9-10,12,18,28H,7-8,11H2,1-3H3,(H,30,31)/t18-/m1/s1. The summed E-state index contributed by atoms with van der Waals surface area (Å²) < 4.78 is 21.2. The quantitative estimate of drug-likeness (QED) is 0.527. The van der Waals surface area contributed by atoms with E-state index in [1.165, 1.54) is 30.0 Å². The average molecular weight is 463 g/mol. The van der Waals surface area contributed by atoms with Crippen LogP contribution in [0.15, 0.2) is 35.3 Å². The van der Waals surface area contributed by atoms with Crippen molar-refractivity contribution in [3.05, 3.63) is 68.2 Å². The van der Waals surface area contributed by atoms with Gasteiger partial charge in [-0.15, -0.1) is 0 Å². The van der Waals surface area contributed by atoms with E-state index in [1.807, 2.05) is 13.8 Å². The van der Waals surface area contributed by atoms with Crippen molar-refractivity contribution < 1.29 is 24.1 Å². The minimum absolute atomic E-state index is 0.0174. The zero-order valence-electron chi connectivity index (χ0n) is 17.9. The van der Waals surface area contributed by atoms with Gasteiger partial charge in [-0.25, -0.2) is 9.18 Å². The predicted octanol–water partition coefficient (Wildman–Crippen LogP) is 3.87. The van der Waals surface area contributed by atoms with Crippen LogP contribution >= 0.6 is 11.6 Å². The van der Waals surface area contributed by atoms with Gasteiger partial charge in [0.25, 0.3) is 0 Å². The van der Waals surface area contributed by atoms with E-state index < -0.39 is 28.8 Å². The summed E-state index contributed by atoms with van der Waals surface area (Å²) in [4.78, 5) is 29.1.